The van der Waals surface area contributed by atoms with E-state index in [9.17, 15) is 0 Å². The Bertz CT molecular complexity index is 371. The second kappa shape index (κ2) is 7.70. The van der Waals surface area contributed by atoms with E-state index in [2.05, 4.69) is 18.3 Å². The predicted octanol–water partition coefficient (Wildman–Crippen LogP) is 2.66. The number of nitriles is 1. The number of benzene rings is 1. The minimum Gasteiger partial charge on any atom is -0.493 e. The molecular weight excluding hydrogens is 212 g/mol. The van der Waals surface area contributed by atoms with Gasteiger partial charge in [0, 0.05) is 6.42 Å². The van der Waals surface area contributed by atoms with Gasteiger partial charge < -0.3 is 10.1 Å². The lowest BCUT2D eigenvalue weighted by Crippen LogP contribution is -2.29. The van der Waals surface area contributed by atoms with Gasteiger partial charge in [-0.15, -0.1) is 0 Å². The summed E-state index contributed by atoms with van der Waals surface area (Å²) in [5.41, 5.74) is 1.13. The highest BCUT2D eigenvalue weighted by molar-refractivity contribution is 5.31. The number of aryl methyl sites for hydroxylation is 1. The summed E-state index contributed by atoms with van der Waals surface area (Å²) < 4.78 is 5.66. The van der Waals surface area contributed by atoms with E-state index >= 15 is 0 Å². The van der Waals surface area contributed by atoms with Crippen molar-refractivity contribution in [3.63, 3.8) is 0 Å². The maximum absolute atomic E-state index is 8.94. The predicted molar refractivity (Wildman–Crippen MR) is 69.0 cm³/mol. The Balaban J connectivity index is 2.32. The van der Waals surface area contributed by atoms with Crippen LogP contribution in [0.1, 0.15) is 25.3 Å². The first kappa shape index (κ1) is 13.5. The highest BCUT2D eigenvalue weighted by Crippen LogP contribution is 2.16. The van der Waals surface area contributed by atoms with Crippen LogP contribution in [0.5, 0.6) is 5.75 Å². The van der Waals surface area contributed by atoms with Gasteiger partial charge in [0.05, 0.1) is 18.7 Å². The summed E-state index contributed by atoms with van der Waals surface area (Å²) in [7, 11) is 0. The zero-order valence-electron chi connectivity index (χ0n) is 10.6. The van der Waals surface area contributed by atoms with Crippen molar-refractivity contribution >= 4 is 0 Å². The Morgan fingerprint density at radius 1 is 1.41 bits per heavy atom. The first-order valence-electron chi connectivity index (χ1n) is 6.09. The molecule has 0 radical (unpaired) electrons. The zero-order valence-corrected chi connectivity index (χ0v) is 10.6. The molecule has 0 aliphatic carbocycles. The molecule has 1 aromatic carbocycles. The quantitative estimate of drug-likeness (QED) is 0.786. The molecule has 0 heterocycles. The van der Waals surface area contributed by atoms with Gasteiger partial charge in [-0.1, -0.05) is 25.1 Å². The Morgan fingerprint density at radius 3 is 2.82 bits per heavy atom. The summed E-state index contributed by atoms with van der Waals surface area (Å²) in [6, 6.07) is 10.1. The van der Waals surface area contributed by atoms with E-state index in [1.807, 2.05) is 31.2 Å². The summed E-state index contributed by atoms with van der Waals surface area (Å²) in [5.74, 6) is 0.902. The van der Waals surface area contributed by atoms with Crippen LogP contribution in [0.2, 0.25) is 0 Å². The molecule has 3 heteroatoms. The first-order chi connectivity index (χ1) is 8.27. The molecule has 1 N–H and O–H groups in total. The second-order valence-corrected chi connectivity index (χ2v) is 4.04. The van der Waals surface area contributed by atoms with E-state index in [0.717, 1.165) is 24.3 Å². The Kier molecular flexibility index (Phi) is 6.13. The topological polar surface area (TPSA) is 45.0 Å². The van der Waals surface area contributed by atoms with Crippen molar-refractivity contribution < 1.29 is 4.74 Å². The maximum atomic E-state index is 8.94. The van der Waals surface area contributed by atoms with Crippen LogP contribution in [-0.2, 0) is 0 Å². The van der Waals surface area contributed by atoms with Gasteiger partial charge in [0.15, 0.2) is 0 Å². The molecule has 0 saturated heterocycles. The third-order valence-electron chi connectivity index (χ3n) is 2.55. The normalized spacial score (nSPS) is 11.8. The number of ether oxygens (including phenoxy) is 1. The third kappa shape index (κ3) is 4.88. The third-order valence-corrected chi connectivity index (χ3v) is 2.55. The summed E-state index contributed by atoms with van der Waals surface area (Å²) >= 11 is 0. The molecule has 0 spiro atoms. The fourth-order valence-electron chi connectivity index (χ4n) is 1.54. The minimum atomic E-state index is -0.112. The lowest BCUT2D eigenvalue weighted by molar-refractivity contribution is 0.296. The monoisotopic (exact) mass is 232 g/mol. The molecule has 1 rings (SSSR count). The summed E-state index contributed by atoms with van der Waals surface area (Å²) in [6.45, 7) is 5.56. The van der Waals surface area contributed by atoms with E-state index in [-0.39, 0.29) is 6.04 Å². The van der Waals surface area contributed by atoms with Crippen molar-refractivity contribution in [2.24, 2.45) is 0 Å². The van der Waals surface area contributed by atoms with E-state index in [4.69, 9.17) is 10.00 Å². The van der Waals surface area contributed by atoms with Crippen LogP contribution in [-0.4, -0.2) is 19.2 Å². The van der Waals surface area contributed by atoms with Crippen molar-refractivity contribution in [1.82, 2.24) is 5.32 Å². The van der Waals surface area contributed by atoms with E-state index in [0.29, 0.717) is 13.0 Å². The lowest BCUT2D eigenvalue weighted by Gasteiger charge is -2.12. The Labute approximate surface area is 103 Å². The van der Waals surface area contributed by atoms with Crippen LogP contribution < -0.4 is 10.1 Å². The Hall–Kier alpha value is -1.53. The summed E-state index contributed by atoms with van der Waals surface area (Å²) in [5, 5.41) is 12.1. The fourth-order valence-corrected chi connectivity index (χ4v) is 1.54. The number of rotatable bonds is 7. The fraction of sp³-hybridized carbons (Fsp3) is 0.500. The van der Waals surface area contributed by atoms with Crippen molar-refractivity contribution in [2.75, 3.05) is 13.2 Å². The number of hydrogen-bond donors (Lipinski definition) is 1. The van der Waals surface area contributed by atoms with Gasteiger partial charge >= 0.3 is 0 Å². The molecule has 1 atom stereocenters. The molecule has 0 saturated carbocycles. The van der Waals surface area contributed by atoms with Gasteiger partial charge in [-0.2, -0.15) is 5.26 Å². The molecule has 0 aromatic heterocycles. The zero-order chi connectivity index (χ0) is 12.5. The van der Waals surface area contributed by atoms with Crippen LogP contribution in [0.4, 0.5) is 0 Å². The number of hydrogen-bond acceptors (Lipinski definition) is 3. The average molecular weight is 232 g/mol. The van der Waals surface area contributed by atoms with Crippen molar-refractivity contribution in [2.45, 2.75) is 32.7 Å². The molecule has 0 amide bonds. The first-order valence-corrected chi connectivity index (χ1v) is 6.09. The largest absolute Gasteiger partial charge is 0.493 e. The van der Waals surface area contributed by atoms with Crippen LogP contribution in [0.25, 0.3) is 0 Å². The molecule has 0 fully saturated rings. The van der Waals surface area contributed by atoms with E-state index in [1.54, 1.807) is 0 Å². The Morgan fingerprint density at radius 2 is 2.18 bits per heavy atom. The molecule has 0 aliphatic heterocycles. The van der Waals surface area contributed by atoms with Gasteiger partial charge in [0.1, 0.15) is 5.75 Å². The van der Waals surface area contributed by atoms with Crippen LogP contribution >= 0.6 is 0 Å². The van der Waals surface area contributed by atoms with Gasteiger partial charge in [-0.05, 0) is 31.5 Å². The molecule has 17 heavy (non-hydrogen) atoms. The van der Waals surface area contributed by atoms with Gasteiger partial charge in [0.25, 0.3) is 0 Å². The van der Waals surface area contributed by atoms with Crippen LogP contribution in [0.15, 0.2) is 24.3 Å². The van der Waals surface area contributed by atoms with E-state index < -0.39 is 0 Å². The van der Waals surface area contributed by atoms with Gasteiger partial charge in [0.2, 0.25) is 0 Å². The summed E-state index contributed by atoms with van der Waals surface area (Å²) in [4.78, 5) is 0. The molecule has 1 unspecified atom stereocenters. The van der Waals surface area contributed by atoms with Crippen molar-refractivity contribution in [3.05, 3.63) is 29.8 Å². The molecular formula is C14H20N2O. The molecule has 0 aliphatic rings. The summed E-state index contributed by atoms with van der Waals surface area (Å²) in [6.07, 6.45) is 1.75. The van der Waals surface area contributed by atoms with E-state index in [1.165, 1.54) is 0 Å². The standard InChI is InChI=1S/C14H20N2O/c1-3-9-16-13(11-15)8-10-17-14-7-5-4-6-12(14)2/h4-7,13,16H,3,8-10H2,1-2H3. The molecule has 3 nitrogen and oxygen atoms in total. The van der Waals surface area contributed by atoms with Crippen molar-refractivity contribution in [1.29, 1.82) is 5.26 Å². The van der Waals surface area contributed by atoms with Crippen LogP contribution in [0, 0.1) is 18.3 Å². The van der Waals surface area contributed by atoms with Gasteiger partial charge in [-0.25, -0.2) is 0 Å². The number of nitrogens with one attached hydrogen (secondary N) is 1. The van der Waals surface area contributed by atoms with Gasteiger partial charge in [-0.3, -0.25) is 0 Å². The molecule has 1 aromatic rings. The molecule has 0 bridgehead atoms. The van der Waals surface area contributed by atoms with Crippen LogP contribution in [0.3, 0.4) is 0 Å². The number of para-hydroxylation sites is 1. The lowest BCUT2D eigenvalue weighted by atomic mass is 10.2. The minimum absolute atomic E-state index is 0.112. The number of nitrogens with zero attached hydrogens (tertiary/aromatic N) is 1. The average Bonchev–Trinajstić information content (AvgIpc) is 2.35. The highest BCUT2D eigenvalue weighted by Gasteiger charge is 2.06. The van der Waals surface area contributed by atoms with Crippen molar-refractivity contribution in [3.8, 4) is 11.8 Å². The molecule has 92 valence electrons. The second-order valence-electron chi connectivity index (χ2n) is 4.04. The maximum Gasteiger partial charge on any atom is 0.122 e. The highest BCUT2D eigenvalue weighted by atomic mass is 16.5. The SMILES string of the molecule is CCCNC(C#N)CCOc1ccccc1C. The smallest absolute Gasteiger partial charge is 0.122 e.